The summed E-state index contributed by atoms with van der Waals surface area (Å²) in [6.07, 6.45) is 2.89. The van der Waals surface area contributed by atoms with E-state index in [2.05, 4.69) is 9.40 Å². The van der Waals surface area contributed by atoms with Gasteiger partial charge in [0.1, 0.15) is 6.26 Å². The molecule has 9 heavy (non-hydrogen) atoms. The summed E-state index contributed by atoms with van der Waals surface area (Å²) >= 11 is 0. The number of nitrogens with two attached hydrogens (primary N) is 1. The van der Waals surface area contributed by atoms with Gasteiger partial charge in [-0.1, -0.05) is 13.8 Å². The first kappa shape index (κ1) is 8.17. The molecule has 0 aliphatic carbocycles. The van der Waals surface area contributed by atoms with Crippen molar-refractivity contribution in [3.8, 4) is 0 Å². The van der Waals surface area contributed by atoms with E-state index >= 15 is 0 Å². The van der Waals surface area contributed by atoms with E-state index in [4.69, 9.17) is 5.73 Å². The van der Waals surface area contributed by atoms with Crippen LogP contribution in [0.3, 0.4) is 0 Å². The Hall–Kier alpha value is -0.830. The van der Waals surface area contributed by atoms with Crippen molar-refractivity contribution in [3.63, 3.8) is 0 Å². The molecule has 0 atom stereocenters. The predicted octanol–water partition coefficient (Wildman–Crippen LogP) is 1.16. The highest BCUT2D eigenvalue weighted by molar-refractivity contribution is 4.87. The smallest absolute Gasteiger partial charge is 0.180 e. The highest BCUT2D eigenvalue weighted by atomic mass is 16.3. The van der Waals surface area contributed by atoms with E-state index in [9.17, 15) is 0 Å². The maximum Gasteiger partial charge on any atom is 0.180 e. The lowest BCUT2D eigenvalue weighted by Crippen LogP contribution is -1.94. The largest absolute Gasteiger partial charge is 0.451 e. The lowest BCUT2D eigenvalue weighted by Gasteiger charge is -1.76. The van der Waals surface area contributed by atoms with Crippen LogP contribution in [0.15, 0.2) is 17.1 Å². The zero-order chi connectivity index (χ0) is 7.11. The van der Waals surface area contributed by atoms with Gasteiger partial charge in [0.05, 0.1) is 5.69 Å². The Labute approximate surface area is 54.9 Å². The van der Waals surface area contributed by atoms with Crippen molar-refractivity contribution in [2.75, 3.05) is 0 Å². The molecular formula is C6H12N2O. The molecule has 0 unspecified atom stereocenters. The summed E-state index contributed by atoms with van der Waals surface area (Å²) in [5.74, 6) is 0. The van der Waals surface area contributed by atoms with Crippen LogP contribution in [0.4, 0.5) is 0 Å². The summed E-state index contributed by atoms with van der Waals surface area (Å²) in [5, 5.41) is 0. The highest BCUT2D eigenvalue weighted by Crippen LogP contribution is 1.88. The third kappa shape index (κ3) is 2.87. The second-order valence-corrected chi connectivity index (χ2v) is 1.18. The summed E-state index contributed by atoms with van der Waals surface area (Å²) in [5.41, 5.74) is 5.96. The first-order valence-corrected chi connectivity index (χ1v) is 3.00. The Morgan fingerprint density at radius 1 is 1.67 bits per heavy atom. The summed E-state index contributed by atoms with van der Waals surface area (Å²) in [6, 6.07) is 0. The molecule has 0 bridgehead atoms. The van der Waals surface area contributed by atoms with Crippen LogP contribution in [-0.2, 0) is 6.54 Å². The third-order valence-electron chi connectivity index (χ3n) is 0.693. The van der Waals surface area contributed by atoms with E-state index in [1.54, 1.807) is 0 Å². The zero-order valence-electron chi connectivity index (χ0n) is 5.79. The van der Waals surface area contributed by atoms with Gasteiger partial charge in [-0.15, -0.1) is 0 Å². The van der Waals surface area contributed by atoms with Crippen LogP contribution in [0.2, 0.25) is 0 Å². The fourth-order valence-electron chi connectivity index (χ4n) is 0.338. The molecule has 1 aromatic heterocycles. The summed E-state index contributed by atoms with van der Waals surface area (Å²) < 4.78 is 4.61. The molecule has 52 valence electrons. The molecule has 0 aromatic carbocycles. The van der Waals surface area contributed by atoms with Crippen LogP contribution in [0, 0.1) is 0 Å². The van der Waals surface area contributed by atoms with Gasteiger partial charge in [0.2, 0.25) is 0 Å². The number of hydrogen-bond acceptors (Lipinski definition) is 3. The van der Waals surface area contributed by atoms with Crippen molar-refractivity contribution in [1.82, 2.24) is 4.98 Å². The topological polar surface area (TPSA) is 52.0 Å². The predicted molar refractivity (Wildman–Crippen MR) is 35.7 cm³/mol. The van der Waals surface area contributed by atoms with E-state index in [1.807, 2.05) is 13.8 Å². The van der Waals surface area contributed by atoms with Gasteiger partial charge in [-0.3, -0.25) is 0 Å². The van der Waals surface area contributed by atoms with E-state index in [0.29, 0.717) is 6.54 Å². The maximum atomic E-state index is 5.17. The zero-order valence-corrected chi connectivity index (χ0v) is 5.79. The SMILES string of the molecule is CC.NCc1cocn1. The number of rotatable bonds is 1. The fraction of sp³-hybridized carbons (Fsp3) is 0.500. The van der Waals surface area contributed by atoms with E-state index in [0.717, 1.165) is 5.69 Å². The molecule has 1 aromatic rings. The van der Waals surface area contributed by atoms with Gasteiger partial charge >= 0.3 is 0 Å². The standard InChI is InChI=1S/C4H6N2O.C2H6/c5-1-4-2-7-3-6-4;1-2/h2-3H,1,5H2;1-2H3. The molecule has 0 aliphatic rings. The van der Waals surface area contributed by atoms with Crippen molar-refractivity contribution < 1.29 is 4.42 Å². The van der Waals surface area contributed by atoms with Crippen molar-refractivity contribution in [1.29, 1.82) is 0 Å². The Balaban J connectivity index is 0.000000291. The molecule has 1 rings (SSSR count). The molecule has 0 amide bonds. The van der Waals surface area contributed by atoms with Crippen LogP contribution in [0.25, 0.3) is 0 Å². The molecule has 3 heteroatoms. The molecule has 1 heterocycles. The minimum atomic E-state index is 0.455. The second-order valence-electron chi connectivity index (χ2n) is 1.18. The minimum Gasteiger partial charge on any atom is -0.451 e. The first-order chi connectivity index (χ1) is 4.43. The van der Waals surface area contributed by atoms with Gasteiger partial charge < -0.3 is 10.2 Å². The van der Waals surface area contributed by atoms with E-state index in [1.165, 1.54) is 12.7 Å². The van der Waals surface area contributed by atoms with Crippen molar-refractivity contribution in [2.24, 2.45) is 5.73 Å². The van der Waals surface area contributed by atoms with Gasteiger partial charge in [0, 0.05) is 6.54 Å². The van der Waals surface area contributed by atoms with Crippen molar-refractivity contribution in [3.05, 3.63) is 18.4 Å². The number of aromatic nitrogens is 1. The average molecular weight is 128 g/mol. The van der Waals surface area contributed by atoms with Gasteiger partial charge in [-0.25, -0.2) is 4.98 Å². The normalized spacial score (nSPS) is 7.89. The van der Waals surface area contributed by atoms with Crippen LogP contribution in [0.1, 0.15) is 19.5 Å². The molecule has 0 aliphatic heterocycles. The molecule has 0 spiro atoms. The van der Waals surface area contributed by atoms with Crippen LogP contribution >= 0.6 is 0 Å². The number of oxazole rings is 1. The lowest BCUT2D eigenvalue weighted by atomic mass is 10.5. The highest BCUT2D eigenvalue weighted by Gasteiger charge is 1.85. The van der Waals surface area contributed by atoms with Crippen LogP contribution in [0.5, 0.6) is 0 Å². The molecule has 0 saturated heterocycles. The van der Waals surface area contributed by atoms with Crippen molar-refractivity contribution in [2.45, 2.75) is 20.4 Å². The number of hydrogen-bond donors (Lipinski definition) is 1. The van der Waals surface area contributed by atoms with Crippen LogP contribution in [-0.4, -0.2) is 4.98 Å². The fourth-order valence-corrected chi connectivity index (χ4v) is 0.338. The Morgan fingerprint density at radius 2 is 2.33 bits per heavy atom. The van der Waals surface area contributed by atoms with Gasteiger partial charge in [-0.2, -0.15) is 0 Å². The molecule has 0 radical (unpaired) electrons. The first-order valence-electron chi connectivity index (χ1n) is 3.00. The Kier molecular flexibility index (Phi) is 4.82. The third-order valence-corrected chi connectivity index (χ3v) is 0.693. The minimum absolute atomic E-state index is 0.455. The van der Waals surface area contributed by atoms with E-state index < -0.39 is 0 Å². The second kappa shape index (κ2) is 5.31. The maximum absolute atomic E-state index is 5.17. The summed E-state index contributed by atoms with van der Waals surface area (Å²) in [4.78, 5) is 3.74. The quantitative estimate of drug-likeness (QED) is 0.617. The lowest BCUT2D eigenvalue weighted by molar-refractivity contribution is 0.556. The monoisotopic (exact) mass is 128 g/mol. The average Bonchev–Trinajstić information content (AvgIpc) is 2.43. The molecule has 2 N–H and O–H groups in total. The van der Waals surface area contributed by atoms with Gasteiger partial charge in [0.15, 0.2) is 6.39 Å². The Bertz CT molecular complexity index is 126. The van der Waals surface area contributed by atoms with Gasteiger partial charge in [0.25, 0.3) is 0 Å². The van der Waals surface area contributed by atoms with Crippen LogP contribution < -0.4 is 5.73 Å². The Morgan fingerprint density at radius 3 is 2.56 bits per heavy atom. The molecular weight excluding hydrogens is 116 g/mol. The summed E-state index contributed by atoms with van der Waals surface area (Å²) in [6.45, 7) is 4.45. The number of nitrogens with zero attached hydrogens (tertiary/aromatic N) is 1. The molecule has 0 fully saturated rings. The van der Waals surface area contributed by atoms with Gasteiger partial charge in [-0.05, 0) is 0 Å². The summed E-state index contributed by atoms with van der Waals surface area (Å²) in [7, 11) is 0. The van der Waals surface area contributed by atoms with Crippen molar-refractivity contribution >= 4 is 0 Å². The molecule has 0 saturated carbocycles. The molecule has 3 nitrogen and oxygen atoms in total. The van der Waals surface area contributed by atoms with E-state index in [-0.39, 0.29) is 0 Å².